The van der Waals surface area contributed by atoms with Gasteiger partial charge >= 0.3 is 0 Å². The van der Waals surface area contributed by atoms with Gasteiger partial charge < -0.3 is 15.8 Å². The van der Waals surface area contributed by atoms with E-state index in [0.717, 1.165) is 33.5 Å². The van der Waals surface area contributed by atoms with Gasteiger partial charge in [-0.25, -0.2) is 0 Å². The molecule has 0 bridgehead atoms. The smallest absolute Gasteiger partial charge is 0.294 e. The van der Waals surface area contributed by atoms with E-state index in [0.29, 0.717) is 11.3 Å². The van der Waals surface area contributed by atoms with Crippen LogP contribution in [0.25, 0.3) is 6.08 Å². The van der Waals surface area contributed by atoms with Crippen molar-refractivity contribution in [3.8, 4) is 5.75 Å². The first-order valence-corrected chi connectivity index (χ1v) is 10.2. The molecule has 9 heteroatoms. The number of aryl methyl sites for hydroxylation is 2. The molecule has 2 aromatic carbocycles. The number of amides is 4. The van der Waals surface area contributed by atoms with Gasteiger partial charge in [0.25, 0.3) is 17.1 Å². The van der Waals surface area contributed by atoms with Crippen molar-refractivity contribution in [2.75, 3.05) is 18.5 Å². The van der Waals surface area contributed by atoms with Gasteiger partial charge in [-0.3, -0.25) is 24.1 Å². The van der Waals surface area contributed by atoms with Gasteiger partial charge in [-0.1, -0.05) is 29.8 Å². The van der Waals surface area contributed by atoms with Crippen LogP contribution in [-0.2, 0) is 14.4 Å². The highest BCUT2D eigenvalue weighted by atomic mass is 32.2. The van der Waals surface area contributed by atoms with E-state index in [2.05, 4.69) is 5.32 Å². The minimum atomic E-state index is -0.766. The summed E-state index contributed by atoms with van der Waals surface area (Å²) in [6.07, 6.45) is 1.52. The van der Waals surface area contributed by atoms with Gasteiger partial charge in [-0.15, -0.1) is 0 Å². The van der Waals surface area contributed by atoms with Crippen LogP contribution in [0.3, 0.4) is 0 Å². The Balaban J connectivity index is 1.63. The van der Waals surface area contributed by atoms with Crippen molar-refractivity contribution in [2.45, 2.75) is 13.8 Å². The zero-order valence-corrected chi connectivity index (χ0v) is 17.8. The molecule has 0 saturated carbocycles. The second-order valence-electron chi connectivity index (χ2n) is 6.96. The lowest BCUT2D eigenvalue weighted by Gasteiger charge is -2.10. The first-order valence-electron chi connectivity index (χ1n) is 9.36. The third-order valence-electron chi connectivity index (χ3n) is 4.37. The minimum Gasteiger partial charge on any atom is -0.484 e. The van der Waals surface area contributed by atoms with E-state index in [9.17, 15) is 19.2 Å². The van der Waals surface area contributed by atoms with Crippen molar-refractivity contribution in [2.24, 2.45) is 5.73 Å². The van der Waals surface area contributed by atoms with E-state index in [-0.39, 0.29) is 17.4 Å². The third kappa shape index (κ3) is 5.73. The number of thioether (sulfide) groups is 1. The number of nitrogens with two attached hydrogens (primary N) is 1. The van der Waals surface area contributed by atoms with E-state index in [1.165, 1.54) is 6.08 Å². The van der Waals surface area contributed by atoms with E-state index < -0.39 is 23.6 Å². The molecule has 1 fully saturated rings. The maximum Gasteiger partial charge on any atom is 0.294 e. The fourth-order valence-corrected chi connectivity index (χ4v) is 3.76. The Bertz CT molecular complexity index is 1100. The van der Waals surface area contributed by atoms with Crippen LogP contribution in [0.5, 0.6) is 5.75 Å². The van der Waals surface area contributed by atoms with E-state index in [1.54, 1.807) is 24.3 Å². The lowest BCUT2D eigenvalue weighted by Crippen LogP contribution is -2.36. The Labute approximate surface area is 183 Å². The number of ether oxygens (including phenoxy) is 1. The SMILES string of the molecule is Cc1ccc(NC(=O)COc2cccc(/C=C3\SC(=O)N(CC(N)=O)C3=O)c2)c(C)c1. The number of nitrogens with zero attached hydrogens (tertiary/aromatic N) is 1. The van der Waals surface area contributed by atoms with Crippen molar-refractivity contribution in [3.63, 3.8) is 0 Å². The van der Waals surface area contributed by atoms with Crippen LogP contribution in [0.1, 0.15) is 16.7 Å². The topological polar surface area (TPSA) is 119 Å². The predicted octanol–water partition coefficient (Wildman–Crippen LogP) is 2.84. The molecule has 1 heterocycles. The molecule has 160 valence electrons. The van der Waals surface area contributed by atoms with Crippen molar-refractivity contribution >= 4 is 46.5 Å². The molecule has 8 nitrogen and oxygen atoms in total. The molecule has 0 radical (unpaired) electrons. The lowest BCUT2D eigenvalue weighted by atomic mass is 10.1. The molecule has 0 aromatic heterocycles. The highest BCUT2D eigenvalue weighted by Crippen LogP contribution is 2.32. The number of nitrogens with one attached hydrogen (secondary N) is 1. The maximum absolute atomic E-state index is 12.3. The number of hydrogen-bond donors (Lipinski definition) is 2. The molecule has 3 rings (SSSR count). The van der Waals surface area contributed by atoms with E-state index >= 15 is 0 Å². The Kier molecular flexibility index (Phi) is 6.76. The first kappa shape index (κ1) is 22.1. The normalized spacial score (nSPS) is 14.8. The number of hydrogen-bond acceptors (Lipinski definition) is 6. The Morgan fingerprint density at radius 2 is 1.94 bits per heavy atom. The molecule has 0 unspecified atom stereocenters. The fourth-order valence-electron chi connectivity index (χ4n) is 2.93. The summed E-state index contributed by atoms with van der Waals surface area (Å²) in [7, 11) is 0. The number of anilines is 1. The summed E-state index contributed by atoms with van der Waals surface area (Å²) in [5.74, 6) is -1.21. The molecule has 1 aliphatic heterocycles. The van der Waals surface area contributed by atoms with Gasteiger partial charge in [-0.05, 0) is 61.0 Å². The van der Waals surface area contributed by atoms with Gasteiger partial charge in [0.2, 0.25) is 5.91 Å². The van der Waals surface area contributed by atoms with Crippen LogP contribution in [0.4, 0.5) is 10.5 Å². The maximum atomic E-state index is 12.3. The molecule has 3 N–H and O–H groups in total. The second-order valence-corrected chi connectivity index (χ2v) is 7.96. The quantitative estimate of drug-likeness (QED) is 0.641. The van der Waals surface area contributed by atoms with Crippen LogP contribution >= 0.6 is 11.8 Å². The largest absolute Gasteiger partial charge is 0.484 e. The summed E-state index contributed by atoms with van der Waals surface area (Å²) in [6, 6.07) is 12.5. The molecule has 1 saturated heterocycles. The van der Waals surface area contributed by atoms with Crippen LogP contribution in [0.2, 0.25) is 0 Å². The monoisotopic (exact) mass is 439 g/mol. The number of carbonyl (C=O) groups is 4. The van der Waals surface area contributed by atoms with Gasteiger partial charge in [0, 0.05) is 5.69 Å². The van der Waals surface area contributed by atoms with Gasteiger partial charge in [-0.2, -0.15) is 0 Å². The summed E-state index contributed by atoms with van der Waals surface area (Å²) in [5.41, 5.74) is 8.47. The van der Waals surface area contributed by atoms with Crippen LogP contribution < -0.4 is 15.8 Å². The summed E-state index contributed by atoms with van der Waals surface area (Å²) in [5, 5.41) is 2.26. The molecule has 1 aliphatic rings. The summed E-state index contributed by atoms with van der Waals surface area (Å²) >= 11 is 0.732. The molecular weight excluding hydrogens is 418 g/mol. The first-order chi connectivity index (χ1) is 14.7. The van der Waals surface area contributed by atoms with Gasteiger partial charge in [0.15, 0.2) is 6.61 Å². The van der Waals surface area contributed by atoms with E-state index in [4.69, 9.17) is 10.5 Å². The molecule has 31 heavy (non-hydrogen) atoms. The van der Waals surface area contributed by atoms with Crippen molar-refractivity contribution in [1.29, 1.82) is 0 Å². The van der Waals surface area contributed by atoms with Gasteiger partial charge in [0.05, 0.1) is 4.91 Å². The average molecular weight is 439 g/mol. The Hall–Kier alpha value is -3.59. The fraction of sp³-hybridized carbons (Fsp3) is 0.182. The number of rotatable bonds is 7. The van der Waals surface area contributed by atoms with Crippen molar-refractivity contribution < 1.29 is 23.9 Å². The average Bonchev–Trinajstić information content (AvgIpc) is 2.96. The Morgan fingerprint density at radius 3 is 2.65 bits per heavy atom. The molecule has 4 amide bonds. The standard InChI is InChI=1S/C22H21N3O5S/c1-13-6-7-17(14(2)8-13)24-20(27)12-30-16-5-3-4-15(9-16)10-18-21(28)25(11-19(23)26)22(29)31-18/h3-10H,11-12H2,1-2H3,(H2,23,26)(H,24,27)/b18-10-. The third-order valence-corrected chi connectivity index (χ3v) is 5.28. The summed E-state index contributed by atoms with van der Waals surface area (Å²) in [6.45, 7) is 3.25. The summed E-state index contributed by atoms with van der Waals surface area (Å²) in [4.78, 5) is 48.4. The number of primary amides is 1. The second kappa shape index (κ2) is 9.48. The van der Waals surface area contributed by atoms with E-state index in [1.807, 2.05) is 32.0 Å². The minimum absolute atomic E-state index is 0.177. The lowest BCUT2D eigenvalue weighted by molar-refractivity contribution is -0.127. The molecule has 0 spiro atoms. The predicted molar refractivity (Wildman–Crippen MR) is 118 cm³/mol. The number of imide groups is 1. The Morgan fingerprint density at radius 1 is 1.16 bits per heavy atom. The molecule has 0 aliphatic carbocycles. The molecule has 0 atom stereocenters. The van der Waals surface area contributed by atoms with Crippen molar-refractivity contribution in [1.82, 2.24) is 4.90 Å². The van der Waals surface area contributed by atoms with Crippen LogP contribution in [0, 0.1) is 13.8 Å². The number of carbonyl (C=O) groups excluding carboxylic acids is 4. The summed E-state index contributed by atoms with van der Waals surface area (Å²) < 4.78 is 5.56. The van der Waals surface area contributed by atoms with Crippen LogP contribution in [-0.4, -0.2) is 41.0 Å². The van der Waals surface area contributed by atoms with Crippen LogP contribution in [0.15, 0.2) is 47.4 Å². The van der Waals surface area contributed by atoms with Crippen molar-refractivity contribution in [3.05, 3.63) is 64.1 Å². The highest BCUT2D eigenvalue weighted by Gasteiger charge is 2.35. The number of benzene rings is 2. The highest BCUT2D eigenvalue weighted by molar-refractivity contribution is 8.18. The molecule has 2 aromatic rings. The van der Waals surface area contributed by atoms with Gasteiger partial charge in [0.1, 0.15) is 12.3 Å². The zero-order chi connectivity index (χ0) is 22.5. The zero-order valence-electron chi connectivity index (χ0n) is 17.0. The molecular formula is C22H21N3O5S.